The summed E-state index contributed by atoms with van der Waals surface area (Å²) in [5, 5.41) is 4.14. The number of benzene rings is 1. The number of hydrogen-bond donors (Lipinski definition) is 1. The summed E-state index contributed by atoms with van der Waals surface area (Å²) >= 11 is 13.9. The smallest absolute Gasteiger partial charge is 0.243 e. The number of nitrogens with one attached hydrogen (secondary N) is 1. The lowest BCUT2D eigenvalue weighted by molar-refractivity contribution is -0.122. The summed E-state index contributed by atoms with van der Waals surface area (Å²) in [5.74, 6) is 0.527. The van der Waals surface area contributed by atoms with Crippen LogP contribution in [-0.4, -0.2) is 44.2 Å². The second-order valence-electron chi connectivity index (χ2n) is 6.65. The van der Waals surface area contributed by atoms with Crippen molar-refractivity contribution in [2.75, 3.05) is 22.9 Å². The van der Waals surface area contributed by atoms with Gasteiger partial charge in [0.2, 0.25) is 15.9 Å². The van der Waals surface area contributed by atoms with E-state index in [1.54, 1.807) is 13.0 Å². The molecule has 0 radical (unpaired) electrons. The Labute approximate surface area is 176 Å². The topological polar surface area (TPSA) is 66.5 Å². The molecule has 1 amide bonds. The highest BCUT2D eigenvalue weighted by Crippen LogP contribution is 2.31. The summed E-state index contributed by atoms with van der Waals surface area (Å²) in [7, 11) is -3.68. The van der Waals surface area contributed by atoms with Crippen molar-refractivity contribution >= 4 is 56.6 Å². The third-order valence-corrected chi connectivity index (χ3v) is 7.85. The third kappa shape index (κ3) is 6.44. The zero-order valence-electron chi connectivity index (χ0n) is 15.6. The molecule has 1 atom stereocenters. The molecule has 1 aliphatic rings. The molecule has 1 saturated carbocycles. The average molecular weight is 453 g/mol. The van der Waals surface area contributed by atoms with E-state index in [-0.39, 0.29) is 10.9 Å². The van der Waals surface area contributed by atoms with Crippen LogP contribution < -0.4 is 9.62 Å². The number of carbonyl (C=O) groups excluding carboxylic acids is 1. The van der Waals surface area contributed by atoms with Crippen LogP contribution in [0, 0.1) is 0 Å². The minimum atomic E-state index is -3.68. The normalized spacial score (nSPS) is 16.3. The molecule has 0 aromatic heterocycles. The van der Waals surface area contributed by atoms with Crippen LogP contribution in [0.1, 0.15) is 39.0 Å². The number of nitrogens with zero attached hydrogens (tertiary/aromatic N) is 1. The van der Waals surface area contributed by atoms with Crippen LogP contribution in [0.15, 0.2) is 18.2 Å². The molecule has 1 aromatic carbocycles. The van der Waals surface area contributed by atoms with Gasteiger partial charge in [-0.1, -0.05) is 43.0 Å². The molecule has 27 heavy (non-hydrogen) atoms. The van der Waals surface area contributed by atoms with E-state index in [9.17, 15) is 13.2 Å². The quantitative estimate of drug-likeness (QED) is 0.566. The Morgan fingerprint density at radius 3 is 2.52 bits per heavy atom. The van der Waals surface area contributed by atoms with Gasteiger partial charge in [-0.2, -0.15) is 11.8 Å². The van der Waals surface area contributed by atoms with Crippen molar-refractivity contribution in [1.29, 1.82) is 0 Å². The largest absolute Gasteiger partial charge is 0.353 e. The molecular weight excluding hydrogens is 427 g/mol. The highest BCUT2D eigenvalue weighted by molar-refractivity contribution is 7.99. The Hall–Kier alpha value is -0.630. The van der Waals surface area contributed by atoms with Crippen molar-refractivity contribution in [2.24, 2.45) is 0 Å². The lowest BCUT2D eigenvalue weighted by Crippen LogP contribution is -2.49. The standard InChI is InChI=1S/C18H26Cl2N2O3S2/c1-3-17(18(23)21-10-11-26-14-6-4-5-7-14)22(27(2,24)25)13-8-9-15(19)16(20)12-13/h8-9,12,14,17H,3-7,10-11H2,1-2H3,(H,21,23). The Balaban J connectivity index is 2.07. The van der Waals surface area contributed by atoms with E-state index in [0.29, 0.717) is 28.9 Å². The van der Waals surface area contributed by atoms with E-state index in [0.717, 1.165) is 16.3 Å². The molecule has 0 heterocycles. The van der Waals surface area contributed by atoms with Crippen molar-refractivity contribution in [3.05, 3.63) is 28.2 Å². The van der Waals surface area contributed by atoms with Crippen molar-refractivity contribution in [1.82, 2.24) is 5.32 Å². The molecule has 1 N–H and O–H groups in total. The van der Waals surface area contributed by atoms with Gasteiger partial charge in [0, 0.05) is 17.5 Å². The van der Waals surface area contributed by atoms with E-state index in [2.05, 4.69) is 5.32 Å². The molecule has 152 valence electrons. The van der Waals surface area contributed by atoms with E-state index < -0.39 is 16.1 Å². The minimum Gasteiger partial charge on any atom is -0.353 e. The van der Waals surface area contributed by atoms with E-state index in [4.69, 9.17) is 23.2 Å². The van der Waals surface area contributed by atoms with Gasteiger partial charge in [-0.25, -0.2) is 8.42 Å². The third-order valence-electron chi connectivity index (χ3n) is 4.54. The van der Waals surface area contributed by atoms with Crippen molar-refractivity contribution < 1.29 is 13.2 Å². The molecule has 0 spiro atoms. The summed E-state index contributed by atoms with van der Waals surface area (Å²) < 4.78 is 25.9. The van der Waals surface area contributed by atoms with E-state index in [1.165, 1.54) is 37.8 Å². The van der Waals surface area contributed by atoms with Crippen LogP contribution >= 0.6 is 35.0 Å². The summed E-state index contributed by atoms with van der Waals surface area (Å²) in [6.07, 6.45) is 6.49. The predicted molar refractivity (Wildman–Crippen MR) is 116 cm³/mol. The minimum absolute atomic E-state index is 0.242. The van der Waals surface area contributed by atoms with Gasteiger partial charge in [0.15, 0.2) is 0 Å². The van der Waals surface area contributed by atoms with Crippen LogP contribution in [0.25, 0.3) is 0 Å². The fraction of sp³-hybridized carbons (Fsp3) is 0.611. The number of rotatable bonds is 9. The van der Waals surface area contributed by atoms with Crippen molar-refractivity contribution in [3.8, 4) is 0 Å². The summed E-state index contributed by atoms with van der Waals surface area (Å²) in [4.78, 5) is 12.7. The fourth-order valence-electron chi connectivity index (χ4n) is 3.26. The highest BCUT2D eigenvalue weighted by atomic mass is 35.5. The zero-order chi connectivity index (χ0) is 20.0. The maximum atomic E-state index is 12.7. The van der Waals surface area contributed by atoms with Gasteiger partial charge in [0.25, 0.3) is 0 Å². The second-order valence-corrected chi connectivity index (χ2v) is 10.7. The first-order valence-corrected chi connectivity index (χ1v) is 12.7. The van der Waals surface area contributed by atoms with Crippen LogP contribution in [0.5, 0.6) is 0 Å². The zero-order valence-corrected chi connectivity index (χ0v) is 18.7. The number of carbonyl (C=O) groups is 1. The summed E-state index contributed by atoms with van der Waals surface area (Å²) in [6, 6.07) is 3.71. The molecular formula is C18H26Cl2N2O3S2. The first kappa shape index (κ1) is 22.7. The monoisotopic (exact) mass is 452 g/mol. The van der Waals surface area contributed by atoms with E-state index >= 15 is 0 Å². The average Bonchev–Trinajstić information content (AvgIpc) is 3.11. The van der Waals surface area contributed by atoms with Gasteiger partial charge in [-0.15, -0.1) is 0 Å². The molecule has 0 aliphatic heterocycles. The van der Waals surface area contributed by atoms with Gasteiger partial charge < -0.3 is 5.32 Å². The summed E-state index contributed by atoms with van der Waals surface area (Å²) in [5.41, 5.74) is 0.328. The van der Waals surface area contributed by atoms with Gasteiger partial charge in [-0.05, 0) is 37.5 Å². The van der Waals surface area contributed by atoms with Crippen LogP contribution in [0.2, 0.25) is 10.0 Å². The molecule has 0 bridgehead atoms. The molecule has 1 aromatic rings. The number of thioether (sulfide) groups is 1. The first-order valence-electron chi connectivity index (χ1n) is 9.07. The molecule has 9 heteroatoms. The number of amides is 1. The Morgan fingerprint density at radius 2 is 1.96 bits per heavy atom. The molecule has 5 nitrogen and oxygen atoms in total. The number of hydrogen-bond acceptors (Lipinski definition) is 4. The van der Waals surface area contributed by atoms with E-state index in [1.807, 2.05) is 11.8 Å². The van der Waals surface area contributed by atoms with Gasteiger partial charge >= 0.3 is 0 Å². The lowest BCUT2D eigenvalue weighted by atomic mass is 10.2. The Morgan fingerprint density at radius 1 is 1.30 bits per heavy atom. The number of halogens is 2. The van der Waals surface area contributed by atoms with Crippen LogP contribution in [0.3, 0.4) is 0 Å². The number of sulfonamides is 1. The fourth-order valence-corrected chi connectivity index (χ4v) is 5.97. The van der Waals surface area contributed by atoms with Gasteiger partial charge in [-0.3, -0.25) is 9.10 Å². The van der Waals surface area contributed by atoms with Crippen LogP contribution in [-0.2, 0) is 14.8 Å². The Kier molecular flexibility index (Phi) is 8.59. The van der Waals surface area contributed by atoms with Gasteiger partial charge in [0.1, 0.15) is 6.04 Å². The highest BCUT2D eigenvalue weighted by Gasteiger charge is 2.31. The van der Waals surface area contributed by atoms with Gasteiger partial charge in [0.05, 0.1) is 22.0 Å². The maximum absolute atomic E-state index is 12.7. The first-order chi connectivity index (χ1) is 12.7. The van der Waals surface area contributed by atoms with Crippen molar-refractivity contribution in [2.45, 2.75) is 50.3 Å². The summed E-state index contributed by atoms with van der Waals surface area (Å²) in [6.45, 7) is 2.31. The molecule has 1 aliphatic carbocycles. The Bertz CT molecular complexity index is 753. The maximum Gasteiger partial charge on any atom is 0.243 e. The second kappa shape index (κ2) is 10.2. The number of anilines is 1. The van der Waals surface area contributed by atoms with Crippen LogP contribution in [0.4, 0.5) is 5.69 Å². The lowest BCUT2D eigenvalue weighted by Gasteiger charge is -2.30. The predicted octanol–water partition coefficient (Wildman–Crippen LogP) is 4.33. The molecule has 1 fully saturated rings. The molecule has 1 unspecified atom stereocenters. The SMILES string of the molecule is CCC(C(=O)NCCSC1CCCC1)N(c1ccc(Cl)c(Cl)c1)S(C)(=O)=O. The molecule has 2 rings (SSSR count). The molecule has 0 saturated heterocycles. The van der Waals surface area contributed by atoms with Crippen molar-refractivity contribution in [3.63, 3.8) is 0 Å².